The van der Waals surface area contributed by atoms with Crippen molar-refractivity contribution in [2.24, 2.45) is 4.99 Å². The van der Waals surface area contributed by atoms with Crippen LogP contribution in [0, 0.1) is 0 Å². The molecule has 0 radical (unpaired) electrons. The van der Waals surface area contributed by atoms with Crippen LogP contribution in [0.5, 0.6) is 0 Å². The van der Waals surface area contributed by atoms with Gasteiger partial charge in [-0.2, -0.15) is 0 Å². The molecule has 1 N–H and O–H groups in total. The van der Waals surface area contributed by atoms with Gasteiger partial charge in [-0.15, -0.1) is 0 Å². The summed E-state index contributed by atoms with van der Waals surface area (Å²) in [5.74, 6) is 0.699. The third kappa shape index (κ3) is 4.09. The van der Waals surface area contributed by atoms with Crippen LogP contribution in [0.3, 0.4) is 0 Å². The van der Waals surface area contributed by atoms with Gasteiger partial charge < -0.3 is 5.32 Å². The highest BCUT2D eigenvalue weighted by molar-refractivity contribution is 5.77. The van der Waals surface area contributed by atoms with Crippen molar-refractivity contribution in [1.29, 1.82) is 0 Å². The van der Waals surface area contributed by atoms with Crippen molar-refractivity contribution in [2.45, 2.75) is 51.5 Å². The number of rotatable bonds is 5. The summed E-state index contributed by atoms with van der Waals surface area (Å²) in [6, 6.07) is 2.41. The first-order chi connectivity index (χ1) is 8.88. The molecule has 0 unspecified atom stereocenters. The largest absolute Gasteiger partial charge is 0.354 e. The van der Waals surface area contributed by atoms with Crippen molar-refractivity contribution in [3.05, 3.63) is 18.0 Å². The van der Waals surface area contributed by atoms with Crippen LogP contribution in [0.2, 0.25) is 0 Å². The molecule has 1 saturated carbocycles. The van der Waals surface area contributed by atoms with Crippen molar-refractivity contribution in [2.75, 3.05) is 11.9 Å². The van der Waals surface area contributed by atoms with Gasteiger partial charge in [0.1, 0.15) is 0 Å². The molecule has 0 amide bonds. The number of nitrogens with one attached hydrogen (secondary N) is 1. The molecule has 18 heavy (non-hydrogen) atoms. The fourth-order valence-electron chi connectivity index (χ4n) is 2.18. The molecule has 1 aliphatic rings. The average molecular weight is 246 g/mol. The molecule has 1 heterocycles. The Morgan fingerprint density at radius 2 is 2.22 bits per heavy atom. The van der Waals surface area contributed by atoms with Gasteiger partial charge >= 0.3 is 0 Å². The summed E-state index contributed by atoms with van der Waals surface area (Å²) in [4.78, 5) is 13.2. The van der Waals surface area contributed by atoms with E-state index in [1.165, 1.54) is 32.1 Å². The van der Waals surface area contributed by atoms with Crippen LogP contribution >= 0.6 is 0 Å². The third-order valence-corrected chi connectivity index (χ3v) is 3.20. The molecule has 0 aliphatic heterocycles. The summed E-state index contributed by atoms with van der Waals surface area (Å²) >= 11 is 0. The van der Waals surface area contributed by atoms with Gasteiger partial charge in [0, 0.05) is 19.0 Å². The van der Waals surface area contributed by atoms with Crippen LogP contribution in [-0.4, -0.2) is 28.8 Å². The van der Waals surface area contributed by atoms with Crippen LogP contribution in [0.1, 0.15) is 51.1 Å². The first kappa shape index (κ1) is 13.0. The summed E-state index contributed by atoms with van der Waals surface area (Å²) in [5, 5.41) is 3.19. The van der Waals surface area contributed by atoms with Gasteiger partial charge in [-0.05, 0) is 25.3 Å². The van der Waals surface area contributed by atoms with Gasteiger partial charge in [0.2, 0.25) is 5.95 Å². The van der Waals surface area contributed by atoms with E-state index in [0.29, 0.717) is 12.0 Å². The Hall–Kier alpha value is -1.45. The molecule has 0 aromatic carbocycles. The highest BCUT2D eigenvalue weighted by Crippen LogP contribution is 2.20. The maximum atomic E-state index is 4.63. The molecule has 0 saturated heterocycles. The van der Waals surface area contributed by atoms with Gasteiger partial charge in [-0.3, -0.25) is 4.99 Å². The minimum atomic E-state index is 0.501. The predicted molar refractivity (Wildman–Crippen MR) is 75.3 cm³/mol. The Bertz CT molecular complexity index is 383. The maximum absolute atomic E-state index is 4.63. The lowest BCUT2D eigenvalue weighted by atomic mass is 9.96. The number of aromatic nitrogens is 2. The van der Waals surface area contributed by atoms with Crippen molar-refractivity contribution in [3.8, 4) is 0 Å². The van der Waals surface area contributed by atoms with Crippen LogP contribution in [0.4, 0.5) is 5.95 Å². The van der Waals surface area contributed by atoms with E-state index in [-0.39, 0.29) is 0 Å². The standard InChI is InChI=1S/C14H22N4/c1-2-9-15-14-16-10-8-13(18-14)11-17-12-6-4-3-5-7-12/h8,10-12H,2-7,9H2,1H3,(H,15,16,18). The number of hydrogen-bond donors (Lipinski definition) is 1. The van der Waals surface area contributed by atoms with Gasteiger partial charge in [0.15, 0.2) is 0 Å². The molecule has 98 valence electrons. The Morgan fingerprint density at radius 1 is 1.39 bits per heavy atom. The zero-order valence-electron chi connectivity index (χ0n) is 11.1. The number of aliphatic imine (C=N–C) groups is 1. The minimum Gasteiger partial charge on any atom is -0.354 e. The Balaban J connectivity index is 1.93. The fourth-order valence-corrected chi connectivity index (χ4v) is 2.18. The first-order valence-corrected chi connectivity index (χ1v) is 6.98. The Labute approximate surface area is 109 Å². The number of hydrogen-bond acceptors (Lipinski definition) is 4. The van der Waals surface area contributed by atoms with Crippen LogP contribution in [0.15, 0.2) is 17.3 Å². The molecule has 1 fully saturated rings. The van der Waals surface area contributed by atoms with Gasteiger partial charge in [0.05, 0.1) is 11.7 Å². The molecule has 4 heteroatoms. The summed E-state index contributed by atoms with van der Waals surface area (Å²) in [5.41, 5.74) is 0.897. The van der Waals surface area contributed by atoms with E-state index in [2.05, 4.69) is 27.2 Å². The maximum Gasteiger partial charge on any atom is 0.223 e. The molecule has 1 aromatic heterocycles. The Kier molecular flexibility index (Phi) is 5.12. The average Bonchev–Trinajstić information content (AvgIpc) is 2.44. The summed E-state index contributed by atoms with van der Waals surface area (Å²) < 4.78 is 0. The summed E-state index contributed by atoms with van der Waals surface area (Å²) in [7, 11) is 0. The van der Waals surface area contributed by atoms with Gasteiger partial charge in [0.25, 0.3) is 0 Å². The van der Waals surface area contributed by atoms with E-state index >= 15 is 0 Å². The molecule has 0 spiro atoms. The molecule has 0 bridgehead atoms. The van der Waals surface area contributed by atoms with Crippen molar-refractivity contribution >= 4 is 12.2 Å². The van der Waals surface area contributed by atoms with Crippen molar-refractivity contribution < 1.29 is 0 Å². The molecule has 4 nitrogen and oxygen atoms in total. The van der Waals surface area contributed by atoms with Crippen LogP contribution in [-0.2, 0) is 0 Å². The third-order valence-electron chi connectivity index (χ3n) is 3.20. The predicted octanol–water partition coefficient (Wildman–Crippen LogP) is 3.05. The fraction of sp³-hybridized carbons (Fsp3) is 0.643. The smallest absolute Gasteiger partial charge is 0.223 e. The first-order valence-electron chi connectivity index (χ1n) is 6.98. The lowest BCUT2D eigenvalue weighted by Gasteiger charge is -2.16. The molecular weight excluding hydrogens is 224 g/mol. The Morgan fingerprint density at radius 3 is 3.00 bits per heavy atom. The SMILES string of the molecule is CCCNc1nccc(C=NC2CCCCC2)n1. The molecule has 1 aromatic rings. The zero-order chi connectivity index (χ0) is 12.6. The van der Waals surface area contributed by atoms with Crippen molar-refractivity contribution in [3.63, 3.8) is 0 Å². The van der Waals surface area contributed by atoms with E-state index in [4.69, 9.17) is 0 Å². The number of anilines is 1. The molecule has 1 aliphatic carbocycles. The summed E-state index contributed by atoms with van der Waals surface area (Å²) in [6.07, 6.45) is 11.2. The molecule has 0 atom stereocenters. The topological polar surface area (TPSA) is 50.2 Å². The second-order valence-electron chi connectivity index (χ2n) is 4.80. The normalized spacial score (nSPS) is 17.2. The molecular formula is C14H22N4. The lowest BCUT2D eigenvalue weighted by Crippen LogP contribution is -2.10. The highest BCUT2D eigenvalue weighted by atomic mass is 15.1. The quantitative estimate of drug-likeness (QED) is 0.812. The van der Waals surface area contributed by atoms with E-state index in [1.807, 2.05) is 12.3 Å². The number of nitrogens with zero attached hydrogens (tertiary/aromatic N) is 3. The minimum absolute atomic E-state index is 0.501. The second kappa shape index (κ2) is 7.09. The van der Waals surface area contributed by atoms with E-state index in [1.54, 1.807) is 6.20 Å². The summed E-state index contributed by atoms with van der Waals surface area (Å²) in [6.45, 7) is 3.03. The lowest BCUT2D eigenvalue weighted by molar-refractivity contribution is 0.444. The van der Waals surface area contributed by atoms with E-state index in [0.717, 1.165) is 18.7 Å². The van der Waals surface area contributed by atoms with E-state index in [9.17, 15) is 0 Å². The van der Waals surface area contributed by atoms with Crippen LogP contribution < -0.4 is 5.32 Å². The zero-order valence-corrected chi connectivity index (χ0v) is 11.1. The van der Waals surface area contributed by atoms with Gasteiger partial charge in [-0.1, -0.05) is 26.2 Å². The van der Waals surface area contributed by atoms with E-state index < -0.39 is 0 Å². The van der Waals surface area contributed by atoms with Crippen LogP contribution in [0.25, 0.3) is 0 Å². The van der Waals surface area contributed by atoms with Gasteiger partial charge in [-0.25, -0.2) is 9.97 Å². The highest BCUT2D eigenvalue weighted by Gasteiger charge is 2.10. The van der Waals surface area contributed by atoms with Crippen molar-refractivity contribution in [1.82, 2.24) is 9.97 Å². The molecule has 2 rings (SSSR count). The monoisotopic (exact) mass is 246 g/mol. The second-order valence-corrected chi connectivity index (χ2v) is 4.80.